The predicted octanol–water partition coefficient (Wildman–Crippen LogP) is 4.05. The third kappa shape index (κ3) is 3.46. The fourth-order valence-corrected chi connectivity index (χ4v) is 3.29. The van der Waals surface area contributed by atoms with E-state index in [1.807, 2.05) is 12.1 Å². The normalized spacial score (nSPS) is 18.9. The molecule has 0 saturated heterocycles. The smallest absolute Gasteiger partial charge is 0.207 e. The van der Waals surface area contributed by atoms with Gasteiger partial charge in [0.1, 0.15) is 0 Å². The second kappa shape index (κ2) is 5.40. The molecule has 0 aromatic heterocycles. The third-order valence-corrected chi connectivity index (χ3v) is 4.86. The van der Waals surface area contributed by atoms with Crippen LogP contribution in [0.5, 0.6) is 0 Å². The molecule has 0 N–H and O–H groups in total. The number of rotatable bonds is 2. The van der Waals surface area contributed by atoms with Gasteiger partial charge in [-0.25, -0.2) is 8.42 Å². The molecular weight excluding hydrogens is 256 g/mol. The van der Waals surface area contributed by atoms with Gasteiger partial charge in [0.05, 0.1) is 4.90 Å². The van der Waals surface area contributed by atoms with E-state index < -0.39 is 9.05 Å². The van der Waals surface area contributed by atoms with E-state index in [0.29, 0.717) is 5.92 Å². The third-order valence-electron chi connectivity index (χ3n) is 3.49. The Labute approximate surface area is 107 Å². The van der Waals surface area contributed by atoms with E-state index in [4.69, 9.17) is 10.7 Å². The predicted molar refractivity (Wildman–Crippen MR) is 69.9 cm³/mol. The van der Waals surface area contributed by atoms with Crippen molar-refractivity contribution in [2.45, 2.75) is 49.3 Å². The minimum absolute atomic E-state index is 0.191. The van der Waals surface area contributed by atoms with E-state index in [-0.39, 0.29) is 4.90 Å². The molecule has 0 radical (unpaired) electrons. The lowest BCUT2D eigenvalue weighted by atomic mass is 9.92. The Kier molecular flexibility index (Phi) is 4.10. The highest BCUT2D eigenvalue weighted by Gasteiger charge is 2.15. The second-order valence-electron chi connectivity index (χ2n) is 4.70. The Bertz CT molecular complexity index is 457. The minimum atomic E-state index is -3.59. The quantitative estimate of drug-likeness (QED) is 0.601. The Morgan fingerprint density at radius 1 is 0.941 bits per heavy atom. The molecule has 1 saturated carbocycles. The SMILES string of the molecule is O=S(=O)(Cl)c1ccc(C2CCCCCC2)cc1. The minimum Gasteiger partial charge on any atom is -0.207 e. The van der Waals surface area contributed by atoms with Crippen molar-refractivity contribution in [3.05, 3.63) is 29.8 Å². The van der Waals surface area contributed by atoms with Gasteiger partial charge < -0.3 is 0 Å². The zero-order valence-electron chi connectivity index (χ0n) is 9.73. The van der Waals surface area contributed by atoms with Crippen molar-refractivity contribution >= 4 is 19.7 Å². The van der Waals surface area contributed by atoms with E-state index in [2.05, 4.69) is 0 Å². The lowest BCUT2D eigenvalue weighted by molar-refractivity contribution is 0.591. The van der Waals surface area contributed by atoms with Gasteiger partial charge in [0.25, 0.3) is 9.05 Å². The molecule has 1 fully saturated rings. The maximum absolute atomic E-state index is 11.1. The van der Waals surface area contributed by atoms with Crippen LogP contribution in [0.1, 0.15) is 50.0 Å². The van der Waals surface area contributed by atoms with Crippen molar-refractivity contribution in [1.82, 2.24) is 0 Å². The summed E-state index contributed by atoms with van der Waals surface area (Å²) < 4.78 is 22.3. The average molecular weight is 273 g/mol. The van der Waals surface area contributed by atoms with Crippen molar-refractivity contribution in [2.75, 3.05) is 0 Å². The highest BCUT2D eigenvalue weighted by atomic mass is 35.7. The van der Waals surface area contributed by atoms with Gasteiger partial charge in [-0.1, -0.05) is 37.8 Å². The molecule has 1 aromatic carbocycles. The van der Waals surface area contributed by atoms with Crippen LogP contribution in [0.3, 0.4) is 0 Å². The molecule has 0 spiro atoms. The molecule has 94 valence electrons. The molecule has 0 unspecified atom stereocenters. The van der Waals surface area contributed by atoms with Crippen molar-refractivity contribution in [2.24, 2.45) is 0 Å². The van der Waals surface area contributed by atoms with E-state index >= 15 is 0 Å². The van der Waals surface area contributed by atoms with E-state index in [1.54, 1.807) is 12.1 Å². The maximum atomic E-state index is 11.1. The summed E-state index contributed by atoms with van der Waals surface area (Å²) in [6, 6.07) is 7.04. The van der Waals surface area contributed by atoms with Crippen LogP contribution in [0.4, 0.5) is 0 Å². The molecule has 2 rings (SSSR count). The fourth-order valence-electron chi connectivity index (χ4n) is 2.52. The molecule has 0 aliphatic heterocycles. The van der Waals surface area contributed by atoms with Gasteiger partial charge >= 0.3 is 0 Å². The zero-order valence-corrected chi connectivity index (χ0v) is 11.3. The Morgan fingerprint density at radius 2 is 1.47 bits per heavy atom. The summed E-state index contributed by atoms with van der Waals surface area (Å²) in [7, 11) is 1.71. The molecular formula is C13H17ClO2S. The first-order chi connectivity index (χ1) is 8.07. The van der Waals surface area contributed by atoms with Gasteiger partial charge in [-0.2, -0.15) is 0 Å². The van der Waals surface area contributed by atoms with E-state index in [0.717, 1.165) is 0 Å². The number of hydrogen-bond donors (Lipinski definition) is 0. The molecule has 4 heteroatoms. The fraction of sp³-hybridized carbons (Fsp3) is 0.538. The summed E-state index contributed by atoms with van der Waals surface area (Å²) in [5, 5.41) is 0. The van der Waals surface area contributed by atoms with E-state index in [1.165, 1.54) is 44.1 Å². The molecule has 0 amide bonds. The highest BCUT2D eigenvalue weighted by molar-refractivity contribution is 8.13. The molecule has 1 aliphatic carbocycles. The first kappa shape index (κ1) is 12.9. The Balaban J connectivity index is 2.17. The van der Waals surface area contributed by atoms with Crippen molar-refractivity contribution in [3.8, 4) is 0 Å². The molecule has 0 heterocycles. The largest absolute Gasteiger partial charge is 0.261 e. The van der Waals surface area contributed by atoms with Gasteiger partial charge in [0.15, 0.2) is 0 Å². The number of halogens is 1. The molecule has 0 atom stereocenters. The van der Waals surface area contributed by atoms with Crippen molar-refractivity contribution in [1.29, 1.82) is 0 Å². The van der Waals surface area contributed by atoms with Gasteiger partial charge in [0.2, 0.25) is 0 Å². The van der Waals surface area contributed by atoms with Crippen molar-refractivity contribution < 1.29 is 8.42 Å². The van der Waals surface area contributed by atoms with Gasteiger partial charge in [-0.15, -0.1) is 0 Å². The average Bonchev–Trinajstić information content (AvgIpc) is 2.56. The van der Waals surface area contributed by atoms with Crippen LogP contribution in [0.15, 0.2) is 29.2 Å². The second-order valence-corrected chi connectivity index (χ2v) is 7.26. The van der Waals surface area contributed by atoms with Crippen LogP contribution in [0, 0.1) is 0 Å². The van der Waals surface area contributed by atoms with Gasteiger partial charge in [-0.05, 0) is 36.5 Å². The van der Waals surface area contributed by atoms with Crippen LogP contribution in [-0.4, -0.2) is 8.42 Å². The van der Waals surface area contributed by atoms with Crippen molar-refractivity contribution in [3.63, 3.8) is 0 Å². The Morgan fingerprint density at radius 3 is 1.94 bits per heavy atom. The van der Waals surface area contributed by atoms with Gasteiger partial charge in [0, 0.05) is 10.7 Å². The maximum Gasteiger partial charge on any atom is 0.261 e. The number of benzene rings is 1. The Hall–Kier alpha value is -0.540. The number of hydrogen-bond acceptors (Lipinski definition) is 2. The lowest BCUT2D eigenvalue weighted by Gasteiger charge is -2.14. The van der Waals surface area contributed by atoms with Crippen LogP contribution in [0.25, 0.3) is 0 Å². The summed E-state index contributed by atoms with van der Waals surface area (Å²) in [5.41, 5.74) is 1.25. The van der Waals surface area contributed by atoms with Gasteiger partial charge in [-0.3, -0.25) is 0 Å². The summed E-state index contributed by atoms with van der Waals surface area (Å²) in [4.78, 5) is 0.191. The van der Waals surface area contributed by atoms with E-state index in [9.17, 15) is 8.42 Å². The zero-order chi connectivity index (χ0) is 12.3. The van der Waals surface area contributed by atoms with Crippen LogP contribution in [0.2, 0.25) is 0 Å². The molecule has 1 aliphatic rings. The molecule has 2 nitrogen and oxygen atoms in total. The summed E-state index contributed by atoms with van der Waals surface area (Å²) in [6.07, 6.45) is 7.63. The van der Waals surface area contributed by atoms with Crippen LogP contribution in [-0.2, 0) is 9.05 Å². The monoisotopic (exact) mass is 272 g/mol. The molecule has 1 aromatic rings. The summed E-state index contributed by atoms with van der Waals surface area (Å²) in [6.45, 7) is 0. The first-order valence-corrected chi connectivity index (χ1v) is 8.43. The molecule has 17 heavy (non-hydrogen) atoms. The molecule has 0 bridgehead atoms. The standard InChI is InChI=1S/C13H17ClO2S/c14-17(15,16)13-9-7-12(8-10-13)11-5-3-1-2-4-6-11/h7-11H,1-6H2. The van der Waals surface area contributed by atoms with Crippen LogP contribution < -0.4 is 0 Å². The first-order valence-electron chi connectivity index (χ1n) is 6.12. The summed E-state index contributed by atoms with van der Waals surface area (Å²) in [5.74, 6) is 0.588. The summed E-state index contributed by atoms with van der Waals surface area (Å²) >= 11 is 0. The van der Waals surface area contributed by atoms with Crippen LogP contribution >= 0.6 is 10.7 Å². The highest BCUT2D eigenvalue weighted by Crippen LogP contribution is 2.32. The topological polar surface area (TPSA) is 34.1 Å². The lowest BCUT2D eigenvalue weighted by Crippen LogP contribution is -1.98.